The lowest BCUT2D eigenvalue weighted by Gasteiger charge is -2.19. The summed E-state index contributed by atoms with van der Waals surface area (Å²) in [6, 6.07) is 10.8. The first kappa shape index (κ1) is 16.6. The first-order chi connectivity index (χ1) is 12.2. The van der Waals surface area contributed by atoms with E-state index in [9.17, 15) is 4.79 Å². The number of fused-ring (bicyclic) bond motifs is 1. The van der Waals surface area contributed by atoms with Crippen molar-refractivity contribution in [2.75, 3.05) is 26.7 Å². The molecule has 0 unspecified atom stereocenters. The van der Waals surface area contributed by atoms with Gasteiger partial charge in [0.25, 0.3) is 5.91 Å². The fourth-order valence-corrected chi connectivity index (χ4v) is 4.86. The lowest BCUT2D eigenvalue weighted by atomic mass is 10.0. The largest absolute Gasteiger partial charge is 0.497 e. The molecule has 2 aliphatic heterocycles. The smallest absolute Gasteiger partial charge is 0.263 e. The van der Waals surface area contributed by atoms with Crippen molar-refractivity contribution < 1.29 is 9.53 Å². The number of ether oxygens (including phenoxy) is 1. The molecule has 1 atom stereocenters. The van der Waals surface area contributed by atoms with Crippen LogP contribution in [0.15, 0.2) is 30.3 Å². The van der Waals surface area contributed by atoms with Crippen LogP contribution >= 0.6 is 11.3 Å². The molecule has 2 aliphatic rings. The molecule has 25 heavy (non-hydrogen) atoms. The molecular weight excluding hydrogens is 332 g/mol. The Morgan fingerprint density at radius 2 is 2.04 bits per heavy atom. The zero-order valence-corrected chi connectivity index (χ0v) is 15.4. The van der Waals surface area contributed by atoms with Crippen LogP contribution in [0.3, 0.4) is 0 Å². The highest BCUT2D eigenvalue weighted by atomic mass is 32.1. The number of methoxy groups -OCH3 is 1. The van der Waals surface area contributed by atoms with E-state index in [2.05, 4.69) is 23.5 Å². The Hall–Kier alpha value is -1.85. The van der Waals surface area contributed by atoms with Gasteiger partial charge in [-0.25, -0.2) is 0 Å². The number of hydrogen-bond acceptors (Lipinski definition) is 4. The molecule has 0 spiro atoms. The molecule has 5 heteroatoms. The third-order valence-electron chi connectivity index (χ3n) is 5.24. The van der Waals surface area contributed by atoms with E-state index in [0.717, 1.165) is 43.1 Å². The van der Waals surface area contributed by atoms with Gasteiger partial charge in [0.2, 0.25) is 0 Å². The third-order valence-corrected chi connectivity index (χ3v) is 6.43. The van der Waals surface area contributed by atoms with Crippen molar-refractivity contribution in [3.05, 3.63) is 51.2 Å². The van der Waals surface area contributed by atoms with Crippen LogP contribution in [0, 0.1) is 0 Å². The summed E-state index contributed by atoms with van der Waals surface area (Å²) < 4.78 is 5.33. The van der Waals surface area contributed by atoms with Crippen LogP contribution in [-0.4, -0.2) is 37.6 Å². The predicted octanol–water partition coefficient (Wildman–Crippen LogP) is 3.42. The number of hydrogen-bond donors (Lipinski definition) is 1. The van der Waals surface area contributed by atoms with Crippen LogP contribution < -0.4 is 10.1 Å². The monoisotopic (exact) mass is 356 g/mol. The summed E-state index contributed by atoms with van der Waals surface area (Å²) in [5.41, 5.74) is 2.63. The lowest BCUT2D eigenvalue weighted by molar-refractivity contribution is 0.0768. The third kappa shape index (κ3) is 3.44. The number of carbonyl (C=O) groups excluding carboxylic acids is 1. The van der Waals surface area contributed by atoms with Crippen LogP contribution in [0.4, 0.5) is 0 Å². The van der Waals surface area contributed by atoms with Gasteiger partial charge in [-0.1, -0.05) is 6.07 Å². The van der Waals surface area contributed by atoms with E-state index in [0.29, 0.717) is 6.04 Å². The van der Waals surface area contributed by atoms with E-state index in [1.807, 2.05) is 17.0 Å². The summed E-state index contributed by atoms with van der Waals surface area (Å²) >= 11 is 1.65. The van der Waals surface area contributed by atoms with Crippen molar-refractivity contribution >= 4 is 17.2 Å². The lowest BCUT2D eigenvalue weighted by Crippen LogP contribution is -2.32. The number of carbonyl (C=O) groups is 1. The molecule has 4 nitrogen and oxygen atoms in total. The number of amides is 1. The molecule has 4 rings (SSSR count). The molecule has 1 amide bonds. The number of rotatable bonds is 3. The van der Waals surface area contributed by atoms with Crippen molar-refractivity contribution in [1.82, 2.24) is 10.2 Å². The van der Waals surface area contributed by atoms with Crippen molar-refractivity contribution in [2.45, 2.75) is 31.7 Å². The standard InChI is InChI=1S/C20H24N2O2S/c1-24-16-5-4-14-8-11-22(12-9-15(14)13-16)20(23)19-7-6-18(25-19)17-3-2-10-21-17/h4-7,13,17,21H,2-3,8-12H2,1H3/t17-/m0/s1. The Morgan fingerprint density at radius 3 is 2.80 bits per heavy atom. The molecule has 1 saturated heterocycles. The molecular formula is C20H24N2O2S. The molecule has 0 bridgehead atoms. The second kappa shape index (κ2) is 7.18. The average molecular weight is 356 g/mol. The Bertz CT molecular complexity index is 765. The molecule has 3 heterocycles. The van der Waals surface area contributed by atoms with Crippen LogP contribution in [0.1, 0.15) is 44.6 Å². The van der Waals surface area contributed by atoms with Crippen molar-refractivity contribution in [3.8, 4) is 5.75 Å². The van der Waals surface area contributed by atoms with Gasteiger partial charge in [0.15, 0.2) is 0 Å². The van der Waals surface area contributed by atoms with Crippen LogP contribution in [-0.2, 0) is 12.8 Å². The summed E-state index contributed by atoms with van der Waals surface area (Å²) in [4.78, 5) is 17.1. The molecule has 1 aromatic carbocycles. The molecule has 0 aliphatic carbocycles. The minimum Gasteiger partial charge on any atom is -0.497 e. The van der Waals surface area contributed by atoms with Crippen molar-refractivity contribution in [2.24, 2.45) is 0 Å². The quantitative estimate of drug-likeness (QED) is 0.916. The fourth-order valence-electron chi connectivity index (χ4n) is 3.77. The van der Waals surface area contributed by atoms with Gasteiger partial charge in [-0.15, -0.1) is 11.3 Å². The van der Waals surface area contributed by atoms with E-state index in [1.165, 1.54) is 28.8 Å². The molecule has 132 valence electrons. The number of nitrogens with one attached hydrogen (secondary N) is 1. The van der Waals surface area contributed by atoms with Gasteiger partial charge < -0.3 is 15.0 Å². The van der Waals surface area contributed by atoms with E-state index in [-0.39, 0.29) is 5.91 Å². The van der Waals surface area contributed by atoms with Gasteiger partial charge in [0.05, 0.1) is 12.0 Å². The Kier molecular flexibility index (Phi) is 4.77. The van der Waals surface area contributed by atoms with Crippen molar-refractivity contribution in [3.63, 3.8) is 0 Å². The highest BCUT2D eigenvalue weighted by Gasteiger charge is 2.24. The topological polar surface area (TPSA) is 41.6 Å². The van der Waals surface area contributed by atoms with Gasteiger partial charge in [-0.05, 0) is 67.6 Å². The summed E-state index contributed by atoms with van der Waals surface area (Å²) in [6.07, 6.45) is 4.20. The maximum absolute atomic E-state index is 12.9. The summed E-state index contributed by atoms with van der Waals surface area (Å²) in [5.74, 6) is 1.07. The second-order valence-electron chi connectivity index (χ2n) is 6.78. The van der Waals surface area contributed by atoms with E-state index >= 15 is 0 Å². The predicted molar refractivity (Wildman–Crippen MR) is 101 cm³/mol. The summed E-state index contributed by atoms with van der Waals surface area (Å²) in [7, 11) is 1.70. The molecule has 1 aromatic heterocycles. The van der Waals surface area contributed by atoms with E-state index in [4.69, 9.17) is 4.74 Å². The SMILES string of the molecule is COc1ccc2c(c1)CCN(C(=O)c1ccc([C@@H]3CCCN3)s1)CC2. The first-order valence-electron chi connectivity index (χ1n) is 9.03. The zero-order chi connectivity index (χ0) is 17.2. The summed E-state index contributed by atoms with van der Waals surface area (Å²) in [5, 5.41) is 3.51. The van der Waals surface area contributed by atoms with Gasteiger partial charge in [-0.3, -0.25) is 4.79 Å². The number of thiophene rings is 1. The van der Waals surface area contributed by atoms with Gasteiger partial charge in [0, 0.05) is 24.0 Å². The maximum Gasteiger partial charge on any atom is 0.263 e. The molecule has 0 saturated carbocycles. The average Bonchev–Trinajstić information content (AvgIpc) is 3.29. The Balaban J connectivity index is 1.46. The Morgan fingerprint density at radius 1 is 1.20 bits per heavy atom. The molecule has 1 N–H and O–H groups in total. The van der Waals surface area contributed by atoms with Gasteiger partial charge in [-0.2, -0.15) is 0 Å². The highest BCUT2D eigenvalue weighted by molar-refractivity contribution is 7.14. The minimum absolute atomic E-state index is 0.175. The molecule has 1 fully saturated rings. The fraction of sp³-hybridized carbons (Fsp3) is 0.450. The number of nitrogens with zero attached hydrogens (tertiary/aromatic N) is 1. The number of benzene rings is 1. The second-order valence-corrected chi connectivity index (χ2v) is 7.89. The van der Waals surface area contributed by atoms with Crippen LogP contribution in [0.25, 0.3) is 0 Å². The van der Waals surface area contributed by atoms with Crippen molar-refractivity contribution in [1.29, 1.82) is 0 Å². The van der Waals surface area contributed by atoms with Gasteiger partial charge in [0.1, 0.15) is 5.75 Å². The normalized spacial score (nSPS) is 20.2. The zero-order valence-electron chi connectivity index (χ0n) is 14.6. The van der Waals surface area contributed by atoms with E-state index in [1.54, 1.807) is 18.4 Å². The summed E-state index contributed by atoms with van der Waals surface area (Å²) in [6.45, 7) is 2.64. The van der Waals surface area contributed by atoms with Gasteiger partial charge >= 0.3 is 0 Å². The maximum atomic E-state index is 12.9. The molecule has 0 radical (unpaired) electrons. The Labute approximate surface area is 152 Å². The first-order valence-corrected chi connectivity index (χ1v) is 9.84. The van der Waals surface area contributed by atoms with Crippen LogP contribution in [0.5, 0.6) is 5.75 Å². The highest BCUT2D eigenvalue weighted by Crippen LogP contribution is 2.30. The minimum atomic E-state index is 0.175. The molecule has 2 aromatic rings. The van der Waals surface area contributed by atoms with E-state index < -0.39 is 0 Å². The van der Waals surface area contributed by atoms with Crippen LogP contribution in [0.2, 0.25) is 0 Å².